The van der Waals surface area contributed by atoms with E-state index in [-0.39, 0.29) is 35.1 Å². The van der Waals surface area contributed by atoms with Crippen LogP contribution >= 0.6 is 0 Å². The molecule has 2 N–H and O–H groups in total. The average Bonchev–Trinajstić information content (AvgIpc) is 2.03. The van der Waals surface area contributed by atoms with Crippen molar-refractivity contribution in [3.8, 4) is 0 Å². The van der Waals surface area contributed by atoms with Gasteiger partial charge >= 0.3 is 29.6 Å². The van der Waals surface area contributed by atoms with E-state index in [0.717, 1.165) is 12.1 Å². The minimum Gasteiger partial charge on any atom is -0.744 e. The summed E-state index contributed by atoms with van der Waals surface area (Å²) in [5.74, 6) is -0.773. The molecular formula is C7H6NNaO4S. The second kappa shape index (κ2) is 4.90. The number of amides is 1. The van der Waals surface area contributed by atoms with Gasteiger partial charge in [0.15, 0.2) is 0 Å². The molecule has 5 nitrogen and oxygen atoms in total. The van der Waals surface area contributed by atoms with Gasteiger partial charge in [-0.05, 0) is 18.2 Å². The number of benzene rings is 1. The normalized spacial score (nSPS) is 10.4. The van der Waals surface area contributed by atoms with Crippen molar-refractivity contribution in [2.45, 2.75) is 4.90 Å². The first-order valence-electron chi connectivity index (χ1n) is 3.27. The van der Waals surface area contributed by atoms with Crippen LogP contribution in [0.4, 0.5) is 0 Å². The third-order valence-corrected chi connectivity index (χ3v) is 2.24. The third-order valence-electron chi connectivity index (χ3n) is 1.41. The van der Waals surface area contributed by atoms with Crippen LogP contribution in [0.15, 0.2) is 29.2 Å². The third kappa shape index (κ3) is 3.39. The SMILES string of the molecule is NC(=O)c1cccc(S(=O)(=O)[O-])c1.[Na+]. The Bertz CT molecular complexity index is 443. The van der Waals surface area contributed by atoms with E-state index in [1.165, 1.54) is 12.1 Å². The molecule has 0 bridgehead atoms. The zero-order chi connectivity index (χ0) is 10.1. The van der Waals surface area contributed by atoms with Crippen LogP contribution in [0.2, 0.25) is 0 Å². The predicted molar refractivity (Wildman–Crippen MR) is 42.9 cm³/mol. The van der Waals surface area contributed by atoms with Gasteiger partial charge in [-0.15, -0.1) is 0 Å². The summed E-state index contributed by atoms with van der Waals surface area (Å²) in [4.78, 5) is 10.2. The first kappa shape index (κ1) is 13.6. The monoisotopic (exact) mass is 223 g/mol. The van der Waals surface area contributed by atoms with E-state index in [1.54, 1.807) is 0 Å². The summed E-state index contributed by atoms with van der Waals surface area (Å²) in [5.41, 5.74) is 4.89. The second-order valence-corrected chi connectivity index (χ2v) is 3.73. The summed E-state index contributed by atoms with van der Waals surface area (Å²) in [6.07, 6.45) is 0. The van der Waals surface area contributed by atoms with Crippen LogP contribution in [0.25, 0.3) is 0 Å². The molecule has 0 unspecified atom stereocenters. The molecule has 0 aromatic heterocycles. The number of hydrogen-bond donors (Lipinski definition) is 1. The van der Waals surface area contributed by atoms with Gasteiger partial charge in [0.25, 0.3) is 0 Å². The standard InChI is InChI=1S/C7H7NO4S.Na/c8-7(9)5-2-1-3-6(4-5)13(10,11)12;/h1-4H,(H2,8,9)(H,10,11,12);/q;+1/p-1. The molecule has 7 heteroatoms. The van der Waals surface area contributed by atoms with Crippen molar-refractivity contribution in [2.24, 2.45) is 5.73 Å². The van der Waals surface area contributed by atoms with E-state index < -0.39 is 20.9 Å². The molecule has 0 aliphatic carbocycles. The Labute approximate surface area is 103 Å². The van der Waals surface area contributed by atoms with Gasteiger partial charge in [0.2, 0.25) is 5.91 Å². The summed E-state index contributed by atoms with van der Waals surface area (Å²) in [5, 5.41) is 0. The zero-order valence-corrected chi connectivity index (χ0v) is 10.2. The van der Waals surface area contributed by atoms with Gasteiger partial charge in [0.05, 0.1) is 4.90 Å². The molecule has 70 valence electrons. The van der Waals surface area contributed by atoms with Crippen LogP contribution in [0.5, 0.6) is 0 Å². The zero-order valence-electron chi connectivity index (χ0n) is 7.43. The van der Waals surface area contributed by atoms with E-state index in [0.29, 0.717) is 0 Å². The number of carbonyl (C=O) groups excluding carboxylic acids is 1. The van der Waals surface area contributed by atoms with Crippen molar-refractivity contribution in [1.82, 2.24) is 0 Å². The maximum absolute atomic E-state index is 10.6. The minimum absolute atomic E-state index is 0. The number of primary amides is 1. The topological polar surface area (TPSA) is 100 Å². The Balaban J connectivity index is 0.00000169. The van der Waals surface area contributed by atoms with Gasteiger partial charge in [-0.3, -0.25) is 4.79 Å². The van der Waals surface area contributed by atoms with Crippen molar-refractivity contribution < 1.29 is 47.3 Å². The van der Waals surface area contributed by atoms with Crippen LogP contribution in [0.1, 0.15) is 10.4 Å². The fraction of sp³-hybridized carbons (Fsp3) is 0. The largest absolute Gasteiger partial charge is 1.00 e. The Hall–Kier alpha value is -0.400. The van der Waals surface area contributed by atoms with Gasteiger partial charge in [-0.2, -0.15) is 0 Å². The van der Waals surface area contributed by atoms with Crippen molar-refractivity contribution in [3.05, 3.63) is 29.8 Å². The van der Waals surface area contributed by atoms with Gasteiger partial charge in [-0.25, -0.2) is 8.42 Å². The van der Waals surface area contributed by atoms with E-state index in [2.05, 4.69) is 0 Å². The first-order chi connectivity index (χ1) is 5.91. The van der Waals surface area contributed by atoms with Crippen LogP contribution in [0, 0.1) is 0 Å². The molecule has 0 saturated heterocycles. The number of rotatable bonds is 2. The Morgan fingerprint density at radius 1 is 1.36 bits per heavy atom. The smallest absolute Gasteiger partial charge is 0.744 e. The predicted octanol–water partition coefficient (Wildman–Crippen LogP) is -3.31. The molecule has 1 aromatic carbocycles. The average molecular weight is 223 g/mol. The molecule has 1 rings (SSSR count). The molecule has 1 aromatic rings. The van der Waals surface area contributed by atoms with Crippen LogP contribution in [-0.2, 0) is 10.1 Å². The van der Waals surface area contributed by atoms with E-state index in [9.17, 15) is 17.8 Å². The van der Waals surface area contributed by atoms with Gasteiger partial charge < -0.3 is 10.3 Å². The van der Waals surface area contributed by atoms with Crippen molar-refractivity contribution in [2.75, 3.05) is 0 Å². The fourth-order valence-corrected chi connectivity index (χ4v) is 1.32. The number of nitrogens with two attached hydrogens (primary N) is 1. The molecule has 0 heterocycles. The summed E-state index contributed by atoms with van der Waals surface area (Å²) < 4.78 is 31.5. The molecule has 0 atom stereocenters. The molecule has 0 spiro atoms. The molecule has 0 radical (unpaired) electrons. The van der Waals surface area contributed by atoms with Crippen LogP contribution < -0.4 is 35.3 Å². The number of carbonyl (C=O) groups is 1. The fourth-order valence-electron chi connectivity index (χ4n) is 0.805. The Morgan fingerprint density at radius 2 is 1.93 bits per heavy atom. The van der Waals surface area contributed by atoms with Crippen molar-refractivity contribution in [3.63, 3.8) is 0 Å². The molecule has 0 aliphatic heterocycles. The van der Waals surface area contributed by atoms with Crippen LogP contribution in [0.3, 0.4) is 0 Å². The molecule has 0 aliphatic rings. The number of hydrogen-bond acceptors (Lipinski definition) is 4. The van der Waals surface area contributed by atoms with Gasteiger partial charge in [0, 0.05) is 5.56 Å². The van der Waals surface area contributed by atoms with Crippen LogP contribution in [-0.4, -0.2) is 18.9 Å². The second-order valence-electron chi connectivity index (χ2n) is 2.35. The first-order valence-corrected chi connectivity index (χ1v) is 4.68. The Kier molecular flexibility index (Phi) is 4.76. The van der Waals surface area contributed by atoms with Crippen molar-refractivity contribution in [1.29, 1.82) is 0 Å². The molecule has 14 heavy (non-hydrogen) atoms. The summed E-state index contributed by atoms with van der Waals surface area (Å²) in [6, 6.07) is 4.67. The summed E-state index contributed by atoms with van der Waals surface area (Å²) in [7, 11) is -4.52. The summed E-state index contributed by atoms with van der Waals surface area (Å²) >= 11 is 0. The minimum atomic E-state index is -4.52. The molecule has 0 saturated carbocycles. The maximum atomic E-state index is 10.6. The van der Waals surface area contributed by atoms with Crippen molar-refractivity contribution >= 4 is 16.0 Å². The molecule has 0 fully saturated rings. The van der Waals surface area contributed by atoms with E-state index in [4.69, 9.17) is 5.73 Å². The van der Waals surface area contributed by atoms with Gasteiger partial charge in [-0.1, -0.05) is 6.07 Å². The summed E-state index contributed by atoms with van der Waals surface area (Å²) in [6.45, 7) is 0. The molecule has 1 amide bonds. The quantitative estimate of drug-likeness (QED) is 0.419. The maximum Gasteiger partial charge on any atom is 1.00 e. The van der Waals surface area contributed by atoms with E-state index in [1.807, 2.05) is 0 Å². The molecular weight excluding hydrogens is 217 g/mol. The van der Waals surface area contributed by atoms with E-state index >= 15 is 0 Å². The van der Waals surface area contributed by atoms with Gasteiger partial charge in [0.1, 0.15) is 10.1 Å². The Morgan fingerprint density at radius 3 is 2.36 bits per heavy atom.